The van der Waals surface area contributed by atoms with Gasteiger partial charge in [0.25, 0.3) is 0 Å². The molecule has 2 atom stereocenters. The quantitative estimate of drug-likeness (QED) is 0.745. The Morgan fingerprint density at radius 1 is 1.18 bits per heavy atom. The van der Waals surface area contributed by atoms with Crippen LogP contribution in [0.4, 0.5) is 0 Å². The van der Waals surface area contributed by atoms with E-state index in [0.29, 0.717) is 30.1 Å². The van der Waals surface area contributed by atoms with Crippen molar-refractivity contribution in [1.82, 2.24) is 0 Å². The summed E-state index contributed by atoms with van der Waals surface area (Å²) in [4.78, 5) is 0. The predicted octanol–water partition coefficient (Wildman–Crippen LogP) is 2.56. The molecule has 0 aromatic rings. The first kappa shape index (κ1) is 13.7. The minimum atomic E-state index is -0.563. The van der Waals surface area contributed by atoms with Crippen LogP contribution in [0.25, 0.3) is 0 Å². The molecule has 0 radical (unpaired) electrons. The van der Waals surface area contributed by atoms with E-state index in [1.807, 2.05) is 13.8 Å². The zero-order valence-corrected chi connectivity index (χ0v) is 11.7. The summed E-state index contributed by atoms with van der Waals surface area (Å²) < 4.78 is 11.1. The van der Waals surface area contributed by atoms with Gasteiger partial charge in [-0.15, -0.1) is 0 Å². The molecule has 4 heteroatoms. The molecule has 2 unspecified atom stereocenters. The normalized spacial score (nSPS) is 36.7. The highest BCUT2D eigenvalue weighted by atomic mass is 32.2. The number of hydrogen-bond acceptors (Lipinski definition) is 4. The van der Waals surface area contributed by atoms with Crippen LogP contribution in [-0.2, 0) is 9.47 Å². The molecule has 1 N–H and O–H groups in total. The highest BCUT2D eigenvalue weighted by molar-refractivity contribution is 8.00. The van der Waals surface area contributed by atoms with Gasteiger partial charge in [0.15, 0.2) is 6.29 Å². The van der Waals surface area contributed by atoms with E-state index in [-0.39, 0.29) is 6.29 Å². The fraction of sp³-hybridized carbons (Fsp3) is 1.00. The molecule has 100 valence electrons. The molecule has 2 heterocycles. The number of hydrogen-bond donors (Lipinski definition) is 1. The van der Waals surface area contributed by atoms with E-state index in [1.54, 1.807) is 0 Å². The van der Waals surface area contributed by atoms with E-state index in [1.165, 1.54) is 12.8 Å². The Morgan fingerprint density at radius 2 is 1.71 bits per heavy atom. The Morgan fingerprint density at radius 3 is 2.18 bits per heavy atom. The number of thioether (sulfide) groups is 1. The average molecular weight is 260 g/mol. The predicted molar refractivity (Wildman–Crippen MR) is 70.2 cm³/mol. The molecule has 2 rings (SSSR count). The van der Waals surface area contributed by atoms with Gasteiger partial charge in [-0.05, 0) is 39.5 Å². The van der Waals surface area contributed by atoms with Crippen molar-refractivity contribution in [3.05, 3.63) is 0 Å². The summed E-state index contributed by atoms with van der Waals surface area (Å²) in [6, 6.07) is 0. The first-order valence-corrected chi connectivity index (χ1v) is 7.70. The van der Waals surface area contributed by atoms with Gasteiger partial charge in [-0.3, -0.25) is 0 Å². The lowest BCUT2D eigenvalue weighted by atomic mass is 9.90. The molecule has 17 heavy (non-hydrogen) atoms. The van der Waals surface area contributed by atoms with Gasteiger partial charge < -0.3 is 14.6 Å². The highest BCUT2D eigenvalue weighted by Gasteiger charge is 2.44. The van der Waals surface area contributed by atoms with Gasteiger partial charge >= 0.3 is 0 Å². The maximum atomic E-state index is 10.7. The summed E-state index contributed by atoms with van der Waals surface area (Å²) in [7, 11) is 0. The molecule has 0 spiro atoms. The fourth-order valence-corrected chi connectivity index (χ4v) is 4.93. The van der Waals surface area contributed by atoms with Gasteiger partial charge in [-0.2, -0.15) is 11.8 Å². The molecule has 0 saturated carbocycles. The monoisotopic (exact) mass is 260 g/mol. The van der Waals surface area contributed by atoms with E-state index in [9.17, 15) is 5.11 Å². The maximum Gasteiger partial charge on any atom is 0.160 e. The second kappa shape index (κ2) is 5.91. The van der Waals surface area contributed by atoms with Crippen LogP contribution in [0, 0.1) is 0 Å². The van der Waals surface area contributed by atoms with Crippen molar-refractivity contribution in [1.29, 1.82) is 0 Å². The largest absolute Gasteiger partial charge is 0.390 e. The van der Waals surface area contributed by atoms with Crippen LogP contribution in [0.2, 0.25) is 0 Å². The van der Waals surface area contributed by atoms with Crippen molar-refractivity contribution in [3.63, 3.8) is 0 Å². The molecule has 2 aliphatic heterocycles. The maximum absolute atomic E-state index is 10.7. The number of aliphatic hydroxyl groups is 1. The molecule has 2 fully saturated rings. The Bertz CT molecular complexity index is 229. The molecule has 2 bridgehead atoms. The lowest BCUT2D eigenvalue weighted by molar-refractivity contribution is -0.171. The van der Waals surface area contributed by atoms with Crippen LogP contribution in [0.5, 0.6) is 0 Å². The van der Waals surface area contributed by atoms with E-state index in [2.05, 4.69) is 11.8 Å². The molecule has 0 aromatic carbocycles. The summed E-state index contributed by atoms with van der Waals surface area (Å²) in [5.74, 6) is 0. The lowest BCUT2D eigenvalue weighted by Crippen LogP contribution is -2.41. The first-order valence-electron chi connectivity index (χ1n) is 6.76. The van der Waals surface area contributed by atoms with E-state index in [4.69, 9.17) is 9.47 Å². The third kappa shape index (κ3) is 3.60. The van der Waals surface area contributed by atoms with E-state index >= 15 is 0 Å². The molecular weight excluding hydrogens is 236 g/mol. The Hall–Kier alpha value is 0.230. The zero-order chi connectivity index (χ0) is 12.3. The van der Waals surface area contributed by atoms with Gasteiger partial charge in [-0.25, -0.2) is 0 Å². The van der Waals surface area contributed by atoms with Crippen molar-refractivity contribution in [3.8, 4) is 0 Å². The second-order valence-electron chi connectivity index (χ2n) is 5.13. The zero-order valence-electron chi connectivity index (χ0n) is 10.9. The Kier molecular flexibility index (Phi) is 4.75. The second-order valence-corrected chi connectivity index (χ2v) is 6.74. The van der Waals surface area contributed by atoms with Gasteiger partial charge in [0.1, 0.15) is 0 Å². The van der Waals surface area contributed by atoms with Gasteiger partial charge in [0.2, 0.25) is 0 Å². The third-order valence-electron chi connectivity index (χ3n) is 3.66. The topological polar surface area (TPSA) is 38.7 Å². The molecule has 2 aliphatic rings. The van der Waals surface area contributed by atoms with Gasteiger partial charge in [0.05, 0.1) is 5.60 Å². The highest BCUT2D eigenvalue weighted by Crippen LogP contribution is 2.49. The van der Waals surface area contributed by atoms with Crippen LogP contribution >= 0.6 is 11.8 Å². The Balaban J connectivity index is 1.91. The van der Waals surface area contributed by atoms with Gasteiger partial charge in [-0.1, -0.05) is 0 Å². The smallest absolute Gasteiger partial charge is 0.160 e. The number of rotatable bonds is 6. The molecule has 0 aromatic heterocycles. The summed E-state index contributed by atoms with van der Waals surface area (Å²) >= 11 is 2.07. The average Bonchev–Trinajstić information content (AvgIpc) is 2.59. The van der Waals surface area contributed by atoms with Crippen molar-refractivity contribution >= 4 is 11.8 Å². The first-order chi connectivity index (χ1) is 8.15. The molecule has 2 saturated heterocycles. The van der Waals surface area contributed by atoms with Crippen LogP contribution in [0.15, 0.2) is 0 Å². The lowest BCUT2D eigenvalue weighted by Gasteiger charge is -2.38. The molecule has 0 amide bonds. The summed E-state index contributed by atoms with van der Waals surface area (Å²) in [5.41, 5.74) is -0.563. The minimum Gasteiger partial charge on any atom is -0.390 e. The molecule has 3 nitrogen and oxygen atoms in total. The van der Waals surface area contributed by atoms with Crippen molar-refractivity contribution in [2.75, 3.05) is 13.2 Å². The minimum absolute atomic E-state index is 0.238. The summed E-state index contributed by atoms with van der Waals surface area (Å²) in [5, 5.41) is 12.0. The van der Waals surface area contributed by atoms with Crippen LogP contribution in [0.1, 0.15) is 46.0 Å². The van der Waals surface area contributed by atoms with Crippen molar-refractivity contribution in [2.24, 2.45) is 0 Å². The van der Waals surface area contributed by atoms with Crippen LogP contribution in [0.3, 0.4) is 0 Å². The summed E-state index contributed by atoms with van der Waals surface area (Å²) in [6.45, 7) is 5.22. The number of fused-ring (bicyclic) bond motifs is 2. The van der Waals surface area contributed by atoms with Gasteiger partial charge in [0, 0.05) is 30.1 Å². The number of ether oxygens (including phenoxy) is 2. The van der Waals surface area contributed by atoms with Crippen LogP contribution in [-0.4, -0.2) is 40.7 Å². The Labute approximate surface area is 108 Å². The standard InChI is InChI=1S/C13H24O3S/c1-3-15-12(16-4-2)9-13(14)7-10-5-6-11(8-13)17-10/h10-12,14H,3-9H2,1-2H3. The molecular formula is C13H24O3S. The van der Waals surface area contributed by atoms with E-state index in [0.717, 1.165) is 12.8 Å². The van der Waals surface area contributed by atoms with Crippen molar-refractivity contribution < 1.29 is 14.6 Å². The molecule has 0 aliphatic carbocycles. The third-order valence-corrected chi connectivity index (χ3v) is 5.24. The van der Waals surface area contributed by atoms with E-state index < -0.39 is 5.60 Å². The SMILES string of the molecule is CCOC(CC1(O)CC2CCC(C1)S2)OCC. The fourth-order valence-electron chi connectivity index (χ4n) is 3.03. The van der Waals surface area contributed by atoms with Crippen LogP contribution < -0.4 is 0 Å². The summed E-state index contributed by atoms with van der Waals surface area (Å²) in [6.07, 6.45) is 4.74. The van der Waals surface area contributed by atoms with Crippen molar-refractivity contribution in [2.45, 2.75) is 68.3 Å².